The average Bonchev–Trinajstić information content (AvgIpc) is 2.40. The van der Waals surface area contributed by atoms with Crippen molar-refractivity contribution in [3.05, 3.63) is 34.8 Å². The van der Waals surface area contributed by atoms with Crippen LogP contribution in [0.4, 0.5) is 17.3 Å². The van der Waals surface area contributed by atoms with Gasteiger partial charge in [-0.3, -0.25) is 4.79 Å². The summed E-state index contributed by atoms with van der Waals surface area (Å²) in [5, 5.41) is 2.82. The third-order valence-electron chi connectivity index (χ3n) is 2.51. The van der Waals surface area contributed by atoms with E-state index in [4.69, 9.17) is 11.5 Å². The van der Waals surface area contributed by atoms with E-state index < -0.39 is 0 Å². The molecule has 1 heterocycles. The maximum absolute atomic E-state index is 12.1. The molecule has 110 valence electrons. The summed E-state index contributed by atoms with van der Waals surface area (Å²) in [5.41, 5.74) is 11.9. The second-order valence-electron chi connectivity index (χ2n) is 4.26. The zero-order chi connectivity index (χ0) is 15.4. The molecule has 8 heteroatoms. The highest BCUT2D eigenvalue weighted by Crippen LogP contribution is 2.23. The first kappa shape index (κ1) is 15.6. The predicted octanol–water partition coefficient (Wildman–Crippen LogP) is 2.52. The number of halogens is 1. The maximum Gasteiger partial charge on any atom is 0.237 e. The first-order valence-electron chi connectivity index (χ1n) is 6.07. The van der Waals surface area contributed by atoms with E-state index in [0.29, 0.717) is 5.16 Å². The number of amides is 1. The van der Waals surface area contributed by atoms with Crippen molar-refractivity contribution >= 4 is 50.9 Å². The van der Waals surface area contributed by atoms with Crippen LogP contribution in [0.1, 0.15) is 6.92 Å². The lowest BCUT2D eigenvalue weighted by Crippen LogP contribution is -2.22. The van der Waals surface area contributed by atoms with Crippen LogP contribution in [0, 0.1) is 0 Å². The molecule has 0 saturated carbocycles. The molecule has 5 N–H and O–H groups in total. The van der Waals surface area contributed by atoms with E-state index in [1.807, 2.05) is 24.3 Å². The minimum absolute atomic E-state index is 0.146. The lowest BCUT2D eigenvalue weighted by molar-refractivity contribution is -0.115. The Hall–Kier alpha value is -1.80. The second kappa shape index (κ2) is 6.77. The van der Waals surface area contributed by atoms with E-state index in [2.05, 4.69) is 31.2 Å². The van der Waals surface area contributed by atoms with Crippen molar-refractivity contribution in [2.45, 2.75) is 17.3 Å². The van der Waals surface area contributed by atoms with Crippen LogP contribution in [0.2, 0.25) is 0 Å². The van der Waals surface area contributed by atoms with Crippen molar-refractivity contribution in [3.8, 4) is 0 Å². The van der Waals surface area contributed by atoms with Gasteiger partial charge in [0.05, 0.1) is 5.25 Å². The van der Waals surface area contributed by atoms with Crippen LogP contribution >= 0.6 is 27.7 Å². The SMILES string of the molecule is CC(Sc1nc(N)cc(N)n1)C(=O)Nc1ccc(Br)cc1. The fourth-order valence-corrected chi connectivity index (χ4v) is 2.57. The molecule has 0 aliphatic carbocycles. The Balaban J connectivity index is 2.00. The molecule has 2 rings (SSSR count). The van der Waals surface area contributed by atoms with Crippen LogP contribution < -0.4 is 16.8 Å². The Morgan fingerprint density at radius 3 is 2.38 bits per heavy atom. The topological polar surface area (TPSA) is 107 Å². The minimum atomic E-state index is -0.380. The van der Waals surface area contributed by atoms with E-state index in [9.17, 15) is 4.79 Å². The molecule has 0 spiro atoms. The van der Waals surface area contributed by atoms with Crippen molar-refractivity contribution in [3.63, 3.8) is 0 Å². The number of hydrogen-bond acceptors (Lipinski definition) is 6. The quantitative estimate of drug-likeness (QED) is 0.566. The van der Waals surface area contributed by atoms with E-state index in [-0.39, 0.29) is 22.8 Å². The molecule has 0 aliphatic heterocycles. The van der Waals surface area contributed by atoms with Crippen molar-refractivity contribution < 1.29 is 4.79 Å². The molecule has 0 aliphatic rings. The Bertz CT molecular complexity index is 629. The molecule has 1 unspecified atom stereocenters. The highest BCUT2D eigenvalue weighted by atomic mass is 79.9. The van der Waals surface area contributed by atoms with Gasteiger partial charge in [-0.25, -0.2) is 9.97 Å². The van der Waals surface area contributed by atoms with Gasteiger partial charge in [-0.1, -0.05) is 27.7 Å². The molecular formula is C13H14BrN5OS. The van der Waals surface area contributed by atoms with Crippen LogP contribution in [0.25, 0.3) is 0 Å². The number of rotatable bonds is 4. The van der Waals surface area contributed by atoms with Gasteiger partial charge >= 0.3 is 0 Å². The molecule has 1 amide bonds. The van der Waals surface area contributed by atoms with Gasteiger partial charge in [-0.2, -0.15) is 0 Å². The molecule has 6 nitrogen and oxygen atoms in total. The normalized spacial score (nSPS) is 11.9. The average molecular weight is 368 g/mol. The predicted molar refractivity (Wildman–Crippen MR) is 88.9 cm³/mol. The molecule has 1 aromatic heterocycles. The number of thioether (sulfide) groups is 1. The van der Waals surface area contributed by atoms with Crippen LogP contribution in [-0.4, -0.2) is 21.1 Å². The van der Waals surface area contributed by atoms with E-state index >= 15 is 0 Å². The van der Waals surface area contributed by atoms with E-state index in [1.165, 1.54) is 17.8 Å². The van der Waals surface area contributed by atoms with Crippen molar-refractivity contribution in [1.82, 2.24) is 9.97 Å². The van der Waals surface area contributed by atoms with Crippen LogP contribution in [0.15, 0.2) is 40.0 Å². The summed E-state index contributed by atoms with van der Waals surface area (Å²) in [5.74, 6) is 0.419. The summed E-state index contributed by atoms with van der Waals surface area (Å²) in [6.45, 7) is 1.77. The number of carbonyl (C=O) groups is 1. The Kier molecular flexibility index (Phi) is 5.03. The highest BCUT2D eigenvalue weighted by molar-refractivity contribution is 9.10. The first-order valence-corrected chi connectivity index (χ1v) is 7.74. The number of nitrogens with zero attached hydrogens (tertiary/aromatic N) is 2. The number of hydrogen-bond donors (Lipinski definition) is 3. The van der Waals surface area contributed by atoms with Crippen LogP contribution in [0.5, 0.6) is 0 Å². The first-order chi connectivity index (χ1) is 9.94. The second-order valence-corrected chi connectivity index (χ2v) is 6.48. The number of nitrogens with two attached hydrogens (primary N) is 2. The summed E-state index contributed by atoms with van der Waals surface area (Å²) in [6, 6.07) is 8.81. The summed E-state index contributed by atoms with van der Waals surface area (Å²) >= 11 is 4.54. The lowest BCUT2D eigenvalue weighted by atomic mass is 10.3. The molecule has 0 fully saturated rings. The summed E-state index contributed by atoms with van der Waals surface area (Å²) in [7, 11) is 0. The van der Waals surface area contributed by atoms with Crippen molar-refractivity contribution in [2.24, 2.45) is 0 Å². The third-order valence-corrected chi connectivity index (χ3v) is 4.00. The van der Waals surface area contributed by atoms with Gasteiger partial charge in [0.1, 0.15) is 11.6 Å². The standard InChI is InChI=1S/C13H14BrN5OS/c1-7(21-13-18-10(15)6-11(16)19-13)12(20)17-9-4-2-8(14)3-5-9/h2-7H,1H3,(H,17,20)(H4,15,16,18,19). The van der Waals surface area contributed by atoms with Crippen molar-refractivity contribution in [1.29, 1.82) is 0 Å². The maximum atomic E-state index is 12.1. The van der Waals surface area contributed by atoms with Gasteiger partial charge in [0.2, 0.25) is 5.91 Å². The lowest BCUT2D eigenvalue weighted by Gasteiger charge is -2.11. The monoisotopic (exact) mass is 367 g/mol. The number of nitrogens with one attached hydrogen (secondary N) is 1. The number of aromatic nitrogens is 2. The molecule has 0 radical (unpaired) electrons. The zero-order valence-corrected chi connectivity index (χ0v) is 13.6. The van der Waals surface area contributed by atoms with Gasteiger partial charge < -0.3 is 16.8 Å². The number of anilines is 3. The Morgan fingerprint density at radius 2 is 1.81 bits per heavy atom. The molecule has 21 heavy (non-hydrogen) atoms. The van der Waals surface area contributed by atoms with Gasteiger partial charge in [-0.15, -0.1) is 0 Å². The van der Waals surface area contributed by atoms with Gasteiger partial charge in [-0.05, 0) is 31.2 Å². The van der Waals surface area contributed by atoms with Gasteiger partial charge in [0.15, 0.2) is 5.16 Å². The minimum Gasteiger partial charge on any atom is -0.383 e. The van der Waals surface area contributed by atoms with E-state index in [1.54, 1.807) is 6.92 Å². The molecule has 0 saturated heterocycles. The largest absolute Gasteiger partial charge is 0.383 e. The van der Waals surface area contributed by atoms with Crippen molar-refractivity contribution in [2.75, 3.05) is 16.8 Å². The number of benzene rings is 1. The molecule has 2 aromatic rings. The van der Waals surface area contributed by atoms with Crippen LogP contribution in [-0.2, 0) is 4.79 Å². The summed E-state index contributed by atoms with van der Waals surface area (Å²) in [6.07, 6.45) is 0. The smallest absolute Gasteiger partial charge is 0.237 e. The van der Waals surface area contributed by atoms with Gasteiger partial charge in [0, 0.05) is 16.2 Å². The van der Waals surface area contributed by atoms with E-state index in [0.717, 1.165) is 10.2 Å². The summed E-state index contributed by atoms with van der Waals surface area (Å²) < 4.78 is 0.951. The zero-order valence-electron chi connectivity index (χ0n) is 11.2. The van der Waals surface area contributed by atoms with Gasteiger partial charge in [0.25, 0.3) is 0 Å². The fourth-order valence-electron chi connectivity index (χ4n) is 1.50. The fraction of sp³-hybridized carbons (Fsp3) is 0.154. The molecule has 1 atom stereocenters. The molecule has 0 bridgehead atoms. The highest BCUT2D eigenvalue weighted by Gasteiger charge is 2.16. The third kappa shape index (κ3) is 4.61. The van der Waals surface area contributed by atoms with Crippen LogP contribution in [0.3, 0.4) is 0 Å². The molecular weight excluding hydrogens is 354 g/mol. The molecule has 1 aromatic carbocycles. The summed E-state index contributed by atoms with van der Waals surface area (Å²) in [4.78, 5) is 20.2. The number of carbonyl (C=O) groups excluding carboxylic acids is 1. The Labute approximate surface area is 134 Å². The number of nitrogen functional groups attached to an aromatic ring is 2. The Morgan fingerprint density at radius 1 is 1.24 bits per heavy atom.